The van der Waals surface area contributed by atoms with Crippen molar-refractivity contribution in [3.63, 3.8) is 0 Å². The minimum atomic E-state index is -0.376. The molecule has 0 aliphatic rings. The molecule has 4 rings (SSSR count). The molecular weight excluding hydrogens is 440 g/mol. The van der Waals surface area contributed by atoms with Crippen LogP contribution in [0.25, 0.3) is 22.7 Å². The third-order valence-electron chi connectivity index (χ3n) is 4.88. The lowest BCUT2D eigenvalue weighted by Gasteiger charge is -2.08. The number of carbonyl (C=O) groups is 1. The number of hydrogen-bond donors (Lipinski definition) is 2. The summed E-state index contributed by atoms with van der Waals surface area (Å²) in [5.41, 5.74) is 3.99. The average molecular weight is 459 g/mol. The highest BCUT2D eigenvalue weighted by Crippen LogP contribution is 2.20. The largest absolute Gasteiger partial charge is 0.361 e. The number of aromatic nitrogens is 2. The summed E-state index contributed by atoms with van der Waals surface area (Å²) in [6, 6.07) is 21.7. The van der Waals surface area contributed by atoms with Gasteiger partial charge in [0, 0.05) is 45.7 Å². The minimum absolute atomic E-state index is 0.0730. The van der Waals surface area contributed by atoms with Crippen LogP contribution in [0, 0.1) is 11.3 Å². The number of nitrogens with one attached hydrogen (secondary N) is 2. The first-order chi connectivity index (χ1) is 14.7. The van der Waals surface area contributed by atoms with E-state index in [0.717, 1.165) is 32.3 Å². The first kappa shape index (κ1) is 19.7. The number of benzene rings is 2. The van der Waals surface area contributed by atoms with Gasteiger partial charge in [-0.2, -0.15) is 5.26 Å². The van der Waals surface area contributed by atoms with Crippen molar-refractivity contribution in [2.75, 3.05) is 6.54 Å². The Labute approximate surface area is 182 Å². The van der Waals surface area contributed by atoms with Crippen molar-refractivity contribution in [3.8, 4) is 11.8 Å². The number of para-hydroxylation sites is 1. The van der Waals surface area contributed by atoms with Crippen LogP contribution in [-0.4, -0.2) is 22.0 Å². The molecule has 0 bridgehead atoms. The highest BCUT2D eigenvalue weighted by molar-refractivity contribution is 9.10. The van der Waals surface area contributed by atoms with Gasteiger partial charge < -0.3 is 14.9 Å². The Kier molecular flexibility index (Phi) is 5.82. The Morgan fingerprint density at radius 3 is 2.87 bits per heavy atom. The fraction of sp³-hybridized carbons (Fsp3) is 0.0833. The van der Waals surface area contributed by atoms with Gasteiger partial charge in [-0.1, -0.05) is 40.2 Å². The number of nitrogens with zero attached hydrogens (tertiary/aromatic N) is 2. The molecule has 2 N–H and O–H groups in total. The summed E-state index contributed by atoms with van der Waals surface area (Å²) in [5.74, 6) is -0.376. The molecule has 0 radical (unpaired) electrons. The Morgan fingerprint density at radius 1 is 1.17 bits per heavy atom. The number of nitriles is 1. The number of aromatic amines is 1. The number of carbonyl (C=O) groups excluding carboxylic acids is 1. The predicted molar refractivity (Wildman–Crippen MR) is 122 cm³/mol. The number of rotatable bonds is 6. The topological polar surface area (TPSA) is 73.6 Å². The van der Waals surface area contributed by atoms with Crippen LogP contribution in [0.2, 0.25) is 0 Å². The van der Waals surface area contributed by atoms with E-state index in [1.807, 2.05) is 77.6 Å². The summed E-state index contributed by atoms with van der Waals surface area (Å²) in [6.07, 6.45) is 6.16. The van der Waals surface area contributed by atoms with Gasteiger partial charge in [0.1, 0.15) is 11.6 Å². The Balaban J connectivity index is 1.46. The van der Waals surface area contributed by atoms with Gasteiger partial charge in [0.15, 0.2) is 0 Å². The van der Waals surface area contributed by atoms with Crippen LogP contribution in [-0.2, 0) is 11.2 Å². The maximum atomic E-state index is 12.6. The third-order valence-corrected chi connectivity index (χ3v) is 5.37. The van der Waals surface area contributed by atoms with E-state index in [4.69, 9.17) is 0 Å². The summed E-state index contributed by atoms with van der Waals surface area (Å²) >= 11 is 3.47. The van der Waals surface area contributed by atoms with Crippen molar-refractivity contribution in [1.82, 2.24) is 14.9 Å². The van der Waals surface area contributed by atoms with Gasteiger partial charge in [0.05, 0.1) is 0 Å². The zero-order valence-electron chi connectivity index (χ0n) is 16.1. The van der Waals surface area contributed by atoms with Crippen LogP contribution in [0.4, 0.5) is 0 Å². The fourth-order valence-electron chi connectivity index (χ4n) is 3.41. The fourth-order valence-corrected chi connectivity index (χ4v) is 3.80. The first-order valence-corrected chi connectivity index (χ1v) is 10.3. The Morgan fingerprint density at radius 2 is 2.03 bits per heavy atom. The van der Waals surface area contributed by atoms with Crippen molar-refractivity contribution < 1.29 is 4.79 Å². The molecule has 5 nitrogen and oxygen atoms in total. The van der Waals surface area contributed by atoms with E-state index >= 15 is 0 Å². The second kappa shape index (κ2) is 8.85. The molecule has 2 heterocycles. The molecule has 0 atom stereocenters. The molecule has 0 aliphatic carbocycles. The van der Waals surface area contributed by atoms with E-state index < -0.39 is 0 Å². The molecule has 0 saturated carbocycles. The zero-order chi connectivity index (χ0) is 20.9. The van der Waals surface area contributed by atoms with Crippen molar-refractivity contribution in [2.24, 2.45) is 0 Å². The van der Waals surface area contributed by atoms with Crippen LogP contribution in [0.5, 0.6) is 0 Å². The SMILES string of the molecule is N#C/C(=C/c1cccn1-c1cccc(Br)c1)C(=O)NCCc1c[nH]c2ccccc12. The first-order valence-electron chi connectivity index (χ1n) is 9.54. The van der Waals surface area contributed by atoms with E-state index in [-0.39, 0.29) is 11.5 Å². The highest BCUT2D eigenvalue weighted by Gasteiger charge is 2.11. The van der Waals surface area contributed by atoms with Crippen molar-refractivity contribution in [1.29, 1.82) is 5.26 Å². The lowest BCUT2D eigenvalue weighted by molar-refractivity contribution is -0.117. The van der Waals surface area contributed by atoms with Crippen molar-refractivity contribution in [2.45, 2.75) is 6.42 Å². The summed E-state index contributed by atoms with van der Waals surface area (Å²) in [4.78, 5) is 15.8. The molecule has 6 heteroatoms. The molecule has 0 saturated heterocycles. The lowest BCUT2D eigenvalue weighted by atomic mass is 10.1. The van der Waals surface area contributed by atoms with Gasteiger partial charge in [-0.3, -0.25) is 4.79 Å². The van der Waals surface area contributed by atoms with E-state index in [1.165, 1.54) is 0 Å². The molecule has 30 heavy (non-hydrogen) atoms. The third kappa shape index (κ3) is 4.22. The van der Waals surface area contributed by atoms with E-state index in [2.05, 4.69) is 32.3 Å². The van der Waals surface area contributed by atoms with Gasteiger partial charge in [-0.05, 0) is 54.5 Å². The van der Waals surface area contributed by atoms with E-state index in [0.29, 0.717) is 13.0 Å². The Hall–Kier alpha value is -3.56. The molecular formula is C24H19BrN4O. The van der Waals surface area contributed by atoms with Gasteiger partial charge in [0.2, 0.25) is 0 Å². The molecule has 4 aromatic rings. The van der Waals surface area contributed by atoms with Crippen molar-refractivity contribution >= 4 is 38.8 Å². The van der Waals surface area contributed by atoms with Crippen LogP contribution in [0.3, 0.4) is 0 Å². The molecule has 2 aromatic carbocycles. The molecule has 0 spiro atoms. The monoisotopic (exact) mass is 458 g/mol. The van der Waals surface area contributed by atoms with Crippen LogP contribution >= 0.6 is 15.9 Å². The van der Waals surface area contributed by atoms with Crippen LogP contribution in [0.15, 0.2) is 83.1 Å². The van der Waals surface area contributed by atoms with Crippen LogP contribution in [0.1, 0.15) is 11.3 Å². The molecule has 2 aromatic heterocycles. The van der Waals surface area contributed by atoms with Gasteiger partial charge >= 0.3 is 0 Å². The summed E-state index contributed by atoms with van der Waals surface area (Å²) in [6.45, 7) is 0.451. The average Bonchev–Trinajstić information content (AvgIpc) is 3.39. The lowest BCUT2D eigenvalue weighted by Crippen LogP contribution is -2.26. The second-order valence-corrected chi connectivity index (χ2v) is 7.73. The quantitative estimate of drug-likeness (QED) is 0.315. The van der Waals surface area contributed by atoms with Crippen molar-refractivity contribution in [3.05, 3.63) is 94.4 Å². The molecule has 0 aliphatic heterocycles. The summed E-state index contributed by atoms with van der Waals surface area (Å²) in [7, 11) is 0. The summed E-state index contributed by atoms with van der Waals surface area (Å²) < 4.78 is 2.89. The van der Waals surface area contributed by atoms with E-state index in [9.17, 15) is 10.1 Å². The molecule has 1 amide bonds. The molecule has 0 unspecified atom stereocenters. The smallest absolute Gasteiger partial charge is 0.262 e. The van der Waals surface area contributed by atoms with Gasteiger partial charge in [-0.25, -0.2) is 0 Å². The van der Waals surface area contributed by atoms with Gasteiger partial charge in [0.25, 0.3) is 5.91 Å². The normalized spacial score (nSPS) is 11.4. The van der Waals surface area contributed by atoms with Gasteiger partial charge in [-0.15, -0.1) is 0 Å². The predicted octanol–water partition coefficient (Wildman–Crippen LogP) is 4.99. The number of fused-ring (bicyclic) bond motifs is 1. The maximum absolute atomic E-state index is 12.6. The molecule has 148 valence electrons. The highest BCUT2D eigenvalue weighted by atomic mass is 79.9. The number of amides is 1. The van der Waals surface area contributed by atoms with Crippen LogP contribution < -0.4 is 5.32 Å². The standard InChI is InChI=1S/C24H19BrN4O/c25-19-5-3-6-21(14-19)29-12-4-7-20(29)13-18(15-26)24(30)27-11-10-17-16-28-23-9-2-1-8-22(17)23/h1-9,12-14,16,28H,10-11H2,(H,27,30)/b18-13-. The zero-order valence-corrected chi connectivity index (χ0v) is 17.7. The number of halogens is 1. The minimum Gasteiger partial charge on any atom is -0.361 e. The number of hydrogen-bond acceptors (Lipinski definition) is 2. The second-order valence-electron chi connectivity index (χ2n) is 6.82. The van der Waals surface area contributed by atoms with E-state index in [1.54, 1.807) is 6.08 Å². The maximum Gasteiger partial charge on any atom is 0.262 e. The number of H-pyrrole nitrogens is 1. The molecule has 0 fully saturated rings. The summed E-state index contributed by atoms with van der Waals surface area (Å²) in [5, 5.41) is 13.5. The Bertz CT molecular complexity index is 1280.